The average Bonchev–Trinajstić information content (AvgIpc) is 2.87. The number of hydrogen-bond acceptors (Lipinski definition) is 4. The maximum absolute atomic E-state index is 11.9. The summed E-state index contributed by atoms with van der Waals surface area (Å²) in [5, 5.41) is 15.3. The van der Waals surface area contributed by atoms with Gasteiger partial charge in [0.15, 0.2) is 0 Å². The van der Waals surface area contributed by atoms with Crippen LogP contribution < -0.4 is 10.6 Å². The van der Waals surface area contributed by atoms with Gasteiger partial charge in [-0.2, -0.15) is 11.8 Å². The van der Waals surface area contributed by atoms with Crippen LogP contribution >= 0.6 is 11.8 Å². The molecule has 0 aromatic heterocycles. The van der Waals surface area contributed by atoms with Crippen molar-refractivity contribution < 1.29 is 14.7 Å². The van der Waals surface area contributed by atoms with Gasteiger partial charge < -0.3 is 15.7 Å². The fraction of sp³-hybridized carbons (Fsp3) is 0.833. The third-order valence-electron chi connectivity index (χ3n) is 3.85. The molecule has 0 bridgehead atoms. The van der Waals surface area contributed by atoms with Crippen LogP contribution in [0.5, 0.6) is 0 Å². The first-order chi connectivity index (χ1) is 8.64. The van der Waals surface area contributed by atoms with E-state index in [1.807, 2.05) is 0 Å². The van der Waals surface area contributed by atoms with E-state index in [2.05, 4.69) is 10.6 Å². The number of carbonyl (C=O) groups excluding carboxylic acids is 1. The summed E-state index contributed by atoms with van der Waals surface area (Å²) in [6, 6.07) is -0.170. The van der Waals surface area contributed by atoms with E-state index in [1.165, 1.54) is 0 Å². The normalized spacial score (nSPS) is 26.8. The zero-order valence-electron chi connectivity index (χ0n) is 10.4. The van der Waals surface area contributed by atoms with Crippen molar-refractivity contribution in [1.82, 2.24) is 10.6 Å². The maximum Gasteiger partial charge on any atom is 0.311 e. The lowest BCUT2D eigenvalue weighted by atomic mass is 9.86. The lowest BCUT2D eigenvalue weighted by Crippen LogP contribution is -2.51. The molecule has 18 heavy (non-hydrogen) atoms. The fourth-order valence-electron chi connectivity index (χ4n) is 2.63. The molecule has 1 saturated heterocycles. The van der Waals surface area contributed by atoms with Crippen molar-refractivity contribution in [1.29, 1.82) is 0 Å². The second kappa shape index (κ2) is 5.93. The minimum Gasteiger partial charge on any atom is -0.481 e. The van der Waals surface area contributed by atoms with Crippen LogP contribution in [0.15, 0.2) is 0 Å². The molecule has 1 unspecified atom stereocenters. The van der Waals surface area contributed by atoms with Gasteiger partial charge >= 0.3 is 5.97 Å². The number of rotatable bonds is 4. The molecule has 1 heterocycles. The quantitative estimate of drug-likeness (QED) is 0.692. The van der Waals surface area contributed by atoms with Crippen LogP contribution in [0, 0.1) is 5.41 Å². The van der Waals surface area contributed by atoms with Crippen molar-refractivity contribution in [2.45, 2.75) is 31.7 Å². The van der Waals surface area contributed by atoms with Gasteiger partial charge in [-0.25, -0.2) is 0 Å². The van der Waals surface area contributed by atoms with Crippen LogP contribution in [-0.2, 0) is 9.59 Å². The average molecular weight is 272 g/mol. The molecule has 5 nitrogen and oxygen atoms in total. The van der Waals surface area contributed by atoms with E-state index in [-0.39, 0.29) is 18.5 Å². The van der Waals surface area contributed by atoms with Crippen molar-refractivity contribution in [3.05, 3.63) is 0 Å². The second-order valence-electron chi connectivity index (χ2n) is 5.09. The van der Waals surface area contributed by atoms with Crippen molar-refractivity contribution >= 4 is 23.6 Å². The molecule has 3 N–H and O–H groups in total. The molecule has 0 aromatic rings. The predicted molar refractivity (Wildman–Crippen MR) is 70.7 cm³/mol. The summed E-state index contributed by atoms with van der Waals surface area (Å²) in [6.45, 7) is 1.11. The number of thioether (sulfide) groups is 1. The lowest BCUT2D eigenvalue weighted by molar-refractivity contribution is -0.148. The molecular formula is C12H20N2O3S. The number of hydrogen-bond donors (Lipinski definition) is 3. The Morgan fingerprint density at radius 3 is 2.67 bits per heavy atom. The largest absolute Gasteiger partial charge is 0.481 e. The Bertz CT molecular complexity index is 323. The highest BCUT2D eigenvalue weighted by Crippen LogP contribution is 2.37. The molecule has 6 heteroatoms. The third-order valence-corrected chi connectivity index (χ3v) is 4.92. The molecule has 2 fully saturated rings. The molecule has 0 radical (unpaired) electrons. The van der Waals surface area contributed by atoms with E-state index >= 15 is 0 Å². The summed E-state index contributed by atoms with van der Waals surface area (Å²) < 4.78 is 0. The van der Waals surface area contributed by atoms with Gasteiger partial charge in [-0.1, -0.05) is 12.8 Å². The van der Waals surface area contributed by atoms with Gasteiger partial charge in [-0.3, -0.25) is 9.59 Å². The molecule has 0 aromatic carbocycles. The molecule has 102 valence electrons. The monoisotopic (exact) mass is 272 g/mol. The van der Waals surface area contributed by atoms with E-state index in [4.69, 9.17) is 0 Å². The molecule has 1 saturated carbocycles. The Labute approximate surface area is 111 Å². The van der Waals surface area contributed by atoms with E-state index in [1.54, 1.807) is 11.8 Å². The van der Waals surface area contributed by atoms with Crippen molar-refractivity contribution in [3.8, 4) is 0 Å². The van der Waals surface area contributed by atoms with E-state index in [0.717, 1.165) is 30.9 Å². The number of aliphatic carboxylic acids is 1. The minimum atomic E-state index is -0.772. The van der Waals surface area contributed by atoms with Gasteiger partial charge in [0.2, 0.25) is 5.91 Å². The highest BCUT2D eigenvalue weighted by molar-refractivity contribution is 7.99. The molecule has 1 amide bonds. The summed E-state index contributed by atoms with van der Waals surface area (Å²) in [5.41, 5.74) is -0.725. The van der Waals surface area contributed by atoms with Gasteiger partial charge in [0.25, 0.3) is 0 Å². The van der Waals surface area contributed by atoms with E-state index in [0.29, 0.717) is 12.8 Å². The predicted octanol–water partition coefficient (Wildman–Crippen LogP) is 0.453. The van der Waals surface area contributed by atoms with Gasteiger partial charge in [-0.15, -0.1) is 0 Å². The SMILES string of the molecule is O=C(NCC1(C(=O)O)CCCC1)C1CSCCN1. The summed E-state index contributed by atoms with van der Waals surface area (Å²) in [4.78, 5) is 23.3. The summed E-state index contributed by atoms with van der Waals surface area (Å²) >= 11 is 1.76. The third kappa shape index (κ3) is 2.98. The molecule has 0 spiro atoms. The first kappa shape index (κ1) is 13.7. The number of nitrogens with one attached hydrogen (secondary N) is 2. The molecular weight excluding hydrogens is 252 g/mol. The standard InChI is InChI=1S/C12H20N2O3S/c15-10(9-7-18-6-5-13-9)14-8-12(11(16)17)3-1-2-4-12/h9,13H,1-8H2,(H,14,15)(H,16,17). The Morgan fingerprint density at radius 1 is 1.39 bits per heavy atom. The highest BCUT2D eigenvalue weighted by atomic mass is 32.2. The Balaban J connectivity index is 1.85. The fourth-order valence-corrected chi connectivity index (χ4v) is 3.57. The molecule has 2 rings (SSSR count). The maximum atomic E-state index is 11.9. The number of carboxylic acid groups (broad SMARTS) is 1. The topological polar surface area (TPSA) is 78.4 Å². The van der Waals surface area contributed by atoms with Crippen LogP contribution in [0.4, 0.5) is 0 Å². The summed E-state index contributed by atoms with van der Waals surface area (Å²) in [5.74, 6) is 0.968. The molecule has 2 aliphatic rings. The minimum absolute atomic E-state index is 0.0604. The van der Waals surface area contributed by atoms with Gasteiger partial charge in [0.1, 0.15) is 0 Å². The molecule has 1 aliphatic carbocycles. The van der Waals surface area contributed by atoms with Crippen LogP contribution in [0.1, 0.15) is 25.7 Å². The highest BCUT2D eigenvalue weighted by Gasteiger charge is 2.41. The van der Waals surface area contributed by atoms with Gasteiger partial charge in [-0.05, 0) is 12.8 Å². The van der Waals surface area contributed by atoms with Crippen LogP contribution in [0.25, 0.3) is 0 Å². The molecule has 1 atom stereocenters. The smallest absolute Gasteiger partial charge is 0.311 e. The van der Waals surface area contributed by atoms with E-state index < -0.39 is 11.4 Å². The Morgan fingerprint density at radius 2 is 2.11 bits per heavy atom. The summed E-state index contributed by atoms with van der Waals surface area (Å²) in [6.07, 6.45) is 3.24. The number of amides is 1. The van der Waals surface area contributed by atoms with Crippen LogP contribution in [0.3, 0.4) is 0 Å². The van der Waals surface area contributed by atoms with Crippen molar-refractivity contribution in [2.75, 3.05) is 24.6 Å². The Hall–Kier alpha value is -0.750. The lowest BCUT2D eigenvalue weighted by Gasteiger charge is -2.27. The summed E-state index contributed by atoms with van der Waals surface area (Å²) in [7, 11) is 0. The second-order valence-corrected chi connectivity index (χ2v) is 6.24. The van der Waals surface area contributed by atoms with E-state index in [9.17, 15) is 14.7 Å². The number of carboxylic acids is 1. The zero-order chi connectivity index (χ0) is 13.0. The van der Waals surface area contributed by atoms with Crippen molar-refractivity contribution in [3.63, 3.8) is 0 Å². The van der Waals surface area contributed by atoms with Crippen LogP contribution in [-0.4, -0.2) is 47.6 Å². The van der Waals surface area contributed by atoms with Crippen molar-refractivity contribution in [2.24, 2.45) is 5.41 Å². The van der Waals surface area contributed by atoms with Crippen LogP contribution in [0.2, 0.25) is 0 Å². The number of carbonyl (C=O) groups is 2. The molecule has 1 aliphatic heterocycles. The zero-order valence-corrected chi connectivity index (χ0v) is 11.2. The van der Waals surface area contributed by atoms with Gasteiger partial charge in [0.05, 0.1) is 11.5 Å². The van der Waals surface area contributed by atoms with Gasteiger partial charge in [0, 0.05) is 24.6 Å². The first-order valence-electron chi connectivity index (χ1n) is 6.46. The Kier molecular flexibility index (Phi) is 4.50. The first-order valence-corrected chi connectivity index (χ1v) is 7.62.